The van der Waals surface area contributed by atoms with Crippen LogP contribution in [0.2, 0.25) is 0 Å². The van der Waals surface area contributed by atoms with Crippen molar-refractivity contribution in [3.05, 3.63) is 35.9 Å². The van der Waals surface area contributed by atoms with Crippen molar-refractivity contribution in [2.24, 2.45) is 11.3 Å². The molecule has 3 aliphatic rings. The second-order valence-corrected chi connectivity index (χ2v) is 7.68. The standard InChI is InChI=1S/C20H27N3O2/c24-18(16-6-2-1-3-7-16)22-10-12-23(13-11-22)19(25)20-9-5-4-8-17(20)14-21-15-20/h1-3,6-7,17,21H,4-5,8-15H2/t17-,20+/m0/s1. The summed E-state index contributed by atoms with van der Waals surface area (Å²) in [5.41, 5.74) is 0.553. The lowest BCUT2D eigenvalue weighted by Crippen LogP contribution is -2.56. The maximum atomic E-state index is 13.3. The molecule has 1 N–H and O–H groups in total. The van der Waals surface area contributed by atoms with Crippen molar-refractivity contribution in [1.29, 1.82) is 0 Å². The molecule has 1 aliphatic carbocycles. The Morgan fingerprint density at radius 3 is 2.48 bits per heavy atom. The molecule has 2 atom stereocenters. The lowest BCUT2D eigenvalue weighted by atomic mass is 9.67. The Morgan fingerprint density at radius 1 is 1.00 bits per heavy atom. The van der Waals surface area contributed by atoms with E-state index in [9.17, 15) is 9.59 Å². The van der Waals surface area contributed by atoms with E-state index >= 15 is 0 Å². The van der Waals surface area contributed by atoms with Crippen LogP contribution >= 0.6 is 0 Å². The smallest absolute Gasteiger partial charge is 0.253 e. The molecule has 2 amide bonds. The van der Waals surface area contributed by atoms with Crippen molar-refractivity contribution in [1.82, 2.24) is 15.1 Å². The topological polar surface area (TPSA) is 52.7 Å². The molecule has 0 radical (unpaired) electrons. The van der Waals surface area contributed by atoms with E-state index in [-0.39, 0.29) is 11.3 Å². The quantitative estimate of drug-likeness (QED) is 0.892. The summed E-state index contributed by atoms with van der Waals surface area (Å²) in [5.74, 6) is 0.899. The van der Waals surface area contributed by atoms with Crippen LogP contribution in [0.25, 0.3) is 0 Å². The average molecular weight is 341 g/mol. The van der Waals surface area contributed by atoms with Crippen LogP contribution in [0.1, 0.15) is 36.0 Å². The molecular weight excluding hydrogens is 314 g/mol. The zero-order valence-corrected chi connectivity index (χ0v) is 14.7. The molecule has 2 saturated heterocycles. The van der Waals surface area contributed by atoms with Gasteiger partial charge in [-0.1, -0.05) is 31.0 Å². The highest BCUT2D eigenvalue weighted by atomic mass is 16.2. The summed E-state index contributed by atoms with van der Waals surface area (Å²) in [6, 6.07) is 9.42. The highest BCUT2D eigenvalue weighted by Gasteiger charge is 2.51. The van der Waals surface area contributed by atoms with E-state index in [1.165, 1.54) is 12.8 Å². The molecule has 1 aromatic carbocycles. The van der Waals surface area contributed by atoms with Gasteiger partial charge in [0.05, 0.1) is 5.41 Å². The largest absolute Gasteiger partial charge is 0.339 e. The molecule has 5 nitrogen and oxygen atoms in total. The maximum Gasteiger partial charge on any atom is 0.253 e. The number of rotatable bonds is 2. The molecular formula is C20H27N3O2. The number of carbonyl (C=O) groups excluding carboxylic acids is 2. The average Bonchev–Trinajstić information content (AvgIpc) is 3.13. The lowest BCUT2D eigenvalue weighted by molar-refractivity contribution is -0.146. The normalized spacial score (nSPS) is 29.4. The highest BCUT2D eigenvalue weighted by molar-refractivity contribution is 5.94. The summed E-state index contributed by atoms with van der Waals surface area (Å²) in [6.45, 7) is 4.40. The van der Waals surface area contributed by atoms with Crippen molar-refractivity contribution in [3.8, 4) is 0 Å². The summed E-state index contributed by atoms with van der Waals surface area (Å²) >= 11 is 0. The molecule has 2 heterocycles. The minimum atomic E-state index is -0.177. The number of hydrogen-bond donors (Lipinski definition) is 1. The van der Waals surface area contributed by atoms with Crippen LogP contribution < -0.4 is 5.32 Å². The van der Waals surface area contributed by atoms with Crippen LogP contribution in [0, 0.1) is 11.3 Å². The van der Waals surface area contributed by atoms with Gasteiger partial charge in [-0.25, -0.2) is 0 Å². The first-order chi connectivity index (χ1) is 12.2. The van der Waals surface area contributed by atoms with Crippen molar-refractivity contribution in [3.63, 3.8) is 0 Å². The van der Waals surface area contributed by atoms with Gasteiger partial charge in [-0.3, -0.25) is 9.59 Å². The third-order valence-electron chi connectivity index (χ3n) is 6.34. The van der Waals surface area contributed by atoms with Crippen LogP contribution in [0.15, 0.2) is 30.3 Å². The molecule has 1 aromatic rings. The number of nitrogens with zero attached hydrogens (tertiary/aromatic N) is 2. The predicted octanol–water partition coefficient (Wildman–Crippen LogP) is 1.75. The van der Waals surface area contributed by atoms with E-state index in [1.807, 2.05) is 40.1 Å². The zero-order chi connectivity index (χ0) is 17.3. The van der Waals surface area contributed by atoms with Gasteiger partial charge in [0.25, 0.3) is 5.91 Å². The van der Waals surface area contributed by atoms with Crippen molar-refractivity contribution < 1.29 is 9.59 Å². The number of nitrogens with one attached hydrogen (secondary N) is 1. The molecule has 1 saturated carbocycles. The van der Waals surface area contributed by atoms with Crippen molar-refractivity contribution in [2.75, 3.05) is 39.3 Å². The fourth-order valence-corrected chi connectivity index (χ4v) is 4.86. The van der Waals surface area contributed by atoms with Gasteiger partial charge in [0.15, 0.2) is 0 Å². The van der Waals surface area contributed by atoms with E-state index < -0.39 is 0 Å². The van der Waals surface area contributed by atoms with E-state index in [2.05, 4.69) is 5.32 Å². The molecule has 0 aromatic heterocycles. The molecule has 5 heteroatoms. The fraction of sp³-hybridized carbons (Fsp3) is 0.600. The molecule has 0 spiro atoms. The van der Waals surface area contributed by atoms with Gasteiger partial charge >= 0.3 is 0 Å². The minimum Gasteiger partial charge on any atom is -0.339 e. The van der Waals surface area contributed by atoms with E-state index in [1.54, 1.807) is 0 Å². The van der Waals surface area contributed by atoms with E-state index in [4.69, 9.17) is 0 Å². The first-order valence-electron chi connectivity index (χ1n) is 9.55. The van der Waals surface area contributed by atoms with Crippen LogP contribution in [-0.2, 0) is 4.79 Å². The number of carbonyl (C=O) groups is 2. The fourth-order valence-electron chi connectivity index (χ4n) is 4.86. The van der Waals surface area contributed by atoms with Gasteiger partial charge in [0, 0.05) is 38.3 Å². The van der Waals surface area contributed by atoms with Gasteiger partial charge in [0.2, 0.25) is 5.91 Å². The summed E-state index contributed by atoms with van der Waals surface area (Å²) in [6.07, 6.45) is 4.61. The van der Waals surface area contributed by atoms with Crippen LogP contribution in [-0.4, -0.2) is 60.9 Å². The number of hydrogen-bond acceptors (Lipinski definition) is 3. The molecule has 25 heavy (non-hydrogen) atoms. The Hall–Kier alpha value is -1.88. The molecule has 0 unspecified atom stereocenters. The highest BCUT2D eigenvalue weighted by Crippen LogP contribution is 2.45. The Bertz CT molecular complexity index is 640. The van der Waals surface area contributed by atoms with E-state index in [0.717, 1.165) is 31.5 Å². The van der Waals surface area contributed by atoms with Gasteiger partial charge in [0.1, 0.15) is 0 Å². The first-order valence-corrected chi connectivity index (χ1v) is 9.55. The second kappa shape index (κ2) is 6.79. The van der Waals surface area contributed by atoms with Gasteiger partial charge in [-0.15, -0.1) is 0 Å². The third kappa shape index (κ3) is 2.95. The van der Waals surface area contributed by atoms with Gasteiger partial charge < -0.3 is 15.1 Å². The third-order valence-corrected chi connectivity index (χ3v) is 6.34. The SMILES string of the molecule is O=C(c1ccccc1)N1CCN(C(=O)[C@@]23CCCC[C@H]2CNC3)CC1. The molecule has 0 bridgehead atoms. The summed E-state index contributed by atoms with van der Waals surface area (Å²) in [4.78, 5) is 29.7. The van der Waals surface area contributed by atoms with Crippen LogP contribution in [0.3, 0.4) is 0 Å². The number of fused-ring (bicyclic) bond motifs is 1. The molecule has 2 aliphatic heterocycles. The number of amides is 2. The molecule has 3 fully saturated rings. The Balaban J connectivity index is 1.40. The predicted molar refractivity (Wildman–Crippen MR) is 96.2 cm³/mol. The van der Waals surface area contributed by atoms with Crippen molar-refractivity contribution >= 4 is 11.8 Å². The Kier molecular flexibility index (Phi) is 4.50. The maximum absolute atomic E-state index is 13.3. The lowest BCUT2D eigenvalue weighted by Gasteiger charge is -2.43. The van der Waals surface area contributed by atoms with Crippen LogP contribution in [0.5, 0.6) is 0 Å². The molecule has 4 rings (SSSR count). The monoisotopic (exact) mass is 341 g/mol. The zero-order valence-electron chi connectivity index (χ0n) is 14.7. The summed E-state index contributed by atoms with van der Waals surface area (Å²) < 4.78 is 0. The Morgan fingerprint density at radius 2 is 1.72 bits per heavy atom. The minimum absolute atomic E-state index is 0.0731. The van der Waals surface area contributed by atoms with Gasteiger partial charge in [-0.2, -0.15) is 0 Å². The van der Waals surface area contributed by atoms with E-state index in [0.29, 0.717) is 38.0 Å². The van der Waals surface area contributed by atoms with Crippen LogP contribution in [0.4, 0.5) is 0 Å². The summed E-state index contributed by atoms with van der Waals surface area (Å²) in [7, 11) is 0. The number of piperazine rings is 1. The second-order valence-electron chi connectivity index (χ2n) is 7.68. The summed E-state index contributed by atoms with van der Waals surface area (Å²) in [5, 5.41) is 3.46. The van der Waals surface area contributed by atoms with Crippen molar-refractivity contribution in [2.45, 2.75) is 25.7 Å². The number of benzene rings is 1. The first kappa shape index (κ1) is 16.6. The molecule has 134 valence electrons. The Labute approximate surface area is 149 Å². The van der Waals surface area contributed by atoms with Gasteiger partial charge in [-0.05, 0) is 37.4 Å².